The van der Waals surface area contributed by atoms with Gasteiger partial charge in [0.05, 0.1) is 15.8 Å². The molecule has 0 bridgehead atoms. The van der Waals surface area contributed by atoms with E-state index in [2.05, 4.69) is 15.8 Å². The van der Waals surface area contributed by atoms with E-state index in [1.807, 2.05) is 42.5 Å². The number of pyridine rings is 1. The highest BCUT2D eigenvalue weighted by atomic mass is 32.2. The van der Waals surface area contributed by atoms with Gasteiger partial charge in [0.1, 0.15) is 0 Å². The zero-order valence-corrected chi connectivity index (χ0v) is 14.4. The van der Waals surface area contributed by atoms with Crippen LogP contribution in [0, 0.1) is 0 Å². The van der Waals surface area contributed by atoms with Crippen LogP contribution in [0.4, 0.5) is 0 Å². The van der Waals surface area contributed by atoms with E-state index in [-0.39, 0.29) is 11.8 Å². The number of carbonyl (C=O) groups is 2. The van der Waals surface area contributed by atoms with Crippen LogP contribution in [0.3, 0.4) is 0 Å². The van der Waals surface area contributed by atoms with Crippen LogP contribution in [0.25, 0.3) is 10.9 Å². The van der Waals surface area contributed by atoms with Crippen LogP contribution in [-0.2, 0) is 4.79 Å². The van der Waals surface area contributed by atoms with Crippen LogP contribution in [0.2, 0.25) is 0 Å². The lowest BCUT2D eigenvalue weighted by Crippen LogP contribution is -2.44. The average molecular weight is 351 g/mol. The molecule has 5 nitrogen and oxygen atoms in total. The molecule has 1 atom stereocenters. The smallest absolute Gasteiger partial charge is 0.269 e. The number of carbonyl (C=O) groups excluding carboxylic acids is 2. The summed E-state index contributed by atoms with van der Waals surface area (Å²) >= 11 is 1.34. The molecule has 3 rings (SSSR count). The number of rotatable bonds is 4. The van der Waals surface area contributed by atoms with Crippen molar-refractivity contribution in [2.24, 2.45) is 0 Å². The third-order valence-corrected chi connectivity index (χ3v) is 4.61. The van der Waals surface area contributed by atoms with Crippen molar-refractivity contribution >= 4 is 34.5 Å². The van der Waals surface area contributed by atoms with Gasteiger partial charge in [0.15, 0.2) is 0 Å². The zero-order valence-electron chi connectivity index (χ0n) is 13.6. The lowest BCUT2D eigenvalue weighted by molar-refractivity contribution is -0.121. The van der Waals surface area contributed by atoms with Crippen molar-refractivity contribution < 1.29 is 9.59 Å². The fourth-order valence-electron chi connectivity index (χ4n) is 2.23. The van der Waals surface area contributed by atoms with E-state index in [1.54, 1.807) is 31.2 Å². The van der Waals surface area contributed by atoms with Gasteiger partial charge < -0.3 is 0 Å². The van der Waals surface area contributed by atoms with Crippen molar-refractivity contribution in [1.82, 2.24) is 15.8 Å². The van der Waals surface area contributed by atoms with Crippen molar-refractivity contribution in [3.8, 4) is 0 Å². The molecule has 2 N–H and O–H groups in total. The molecule has 1 heterocycles. The minimum Gasteiger partial charge on any atom is -0.272 e. The van der Waals surface area contributed by atoms with Crippen LogP contribution >= 0.6 is 11.8 Å². The molecular weight excluding hydrogens is 334 g/mol. The molecule has 0 aliphatic heterocycles. The summed E-state index contributed by atoms with van der Waals surface area (Å²) in [7, 11) is 0. The molecule has 2 amide bonds. The quantitative estimate of drug-likeness (QED) is 0.559. The van der Waals surface area contributed by atoms with Crippen LogP contribution in [-0.4, -0.2) is 22.0 Å². The van der Waals surface area contributed by atoms with Crippen LogP contribution in [0.5, 0.6) is 0 Å². The normalized spacial score (nSPS) is 11.7. The van der Waals surface area contributed by atoms with Gasteiger partial charge in [-0.05, 0) is 31.2 Å². The first-order chi connectivity index (χ1) is 12.1. The minimum atomic E-state index is -0.398. The molecule has 0 saturated carbocycles. The number of amides is 2. The van der Waals surface area contributed by atoms with Gasteiger partial charge >= 0.3 is 0 Å². The number of fused-ring (bicyclic) bond motifs is 1. The number of hydrazine groups is 1. The van der Waals surface area contributed by atoms with Gasteiger partial charge in [-0.2, -0.15) is 0 Å². The Morgan fingerprint density at radius 2 is 1.64 bits per heavy atom. The molecule has 0 aliphatic rings. The van der Waals surface area contributed by atoms with Gasteiger partial charge in [-0.25, -0.2) is 4.98 Å². The second-order valence-electron chi connectivity index (χ2n) is 5.41. The largest absolute Gasteiger partial charge is 0.272 e. The molecular formula is C19H17N3O2S. The molecule has 0 saturated heterocycles. The second kappa shape index (κ2) is 7.81. The third-order valence-electron chi connectivity index (χ3n) is 3.57. The summed E-state index contributed by atoms with van der Waals surface area (Å²) in [5, 5.41) is 1.42. The number of thioether (sulfide) groups is 1. The Labute approximate surface area is 149 Å². The Balaban J connectivity index is 1.57. The fourth-order valence-corrected chi connectivity index (χ4v) is 3.06. The summed E-state index contributed by atoms with van der Waals surface area (Å²) in [4.78, 5) is 28.6. The van der Waals surface area contributed by atoms with Crippen molar-refractivity contribution in [1.29, 1.82) is 0 Å². The fraction of sp³-hybridized carbons (Fsp3) is 0.105. The standard InChI is InChI=1S/C19H17N3O2S/c1-13(18(23)21-22-19(24)15-8-3-2-4-9-15)25-17-12-11-14-7-5-6-10-16(14)20-17/h2-13H,1H3,(H,21,23)(H,22,24). The summed E-state index contributed by atoms with van der Waals surface area (Å²) < 4.78 is 0. The maximum absolute atomic E-state index is 12.2. The van der Waals surface area contributed by atoms with Gasteiger partial charge in [-0.1, -0.05) is 54.2 Å². The molecule has 2 aromatic carbocycles. The van der Waals surface area contributed by atoms with E-state index in [1.165, 1.54) is 11.8 Å². The topological polar surface area (TPSA) is 71.1 Å². The van der Waals surface area contributed by atoms with Crippen molar-refractivity contribution in [3.05, 3.63) is 72.3 Å². The molecule has 126 valence electrons. The lowest BCUT2D eigenvalue weighted by atomic mass is 10.2. The molecule has 6 heteroatoms. The molecule has 0 spiro atoms. The number of hydrogen-bond acceptors (Lipinski definition) is 4. The number of aromatic nitrogens is 1. The van der Waals surface area contributed by atoms with E-state index in [0.29, 0.717) is 5.56 Å². The first kappa shape index (κ1) is 17.0. The van der Waals surface area contributed by atoms with Crippen LogP contribution in [0.15, 0.2) is 71.8 Å². The maximum atomic E-state index is 12.2. The van der Waals surface area contributed by atoms with Crippen molar-refractivity contribution in [3.63, 3.8) is 0 Å². The Bertz CT molecular complexity index is 899. The summed E-state index contributed by atoms with van der Waals surface area (Å²) in [5.41, 5.74) is 6.25. The van der Waals surface area contributed by atoms with Gasteiger partial charge in [0, 0.05) is 10.9 Å². The Morgan fingerprint density at radius 1 is 0.920 bits per heavy atom. The predicted molar refractivity (Wildman–Crippen MR) is 99.1 cm³/mol. The monoisotopic (exact) mass is 351 g/mol. The Morgan fingerprint density at radius 3 is 2.44 bits per heavy atom. The summed E-state index contributed by atoms with van der Waals surface area (Å²) in [5.74, 6) is -0.640. The molecule has 25 heavy (non-hydrogen) atoms. The number of nitrogens with zero attached hydrogens (tertiary/aromatic N) is 1. The highest BCUT2D eigenvalue weighted by molar-refractivity contribution is 8.00. The van der Waals surface area contributed by atoms with E-state index in [9.17, 15) is 9.59 Å². The van der Waals surface area contributed by atoms with Crippen molar-refractivity contribution in [2.75, 3.05) is 0 Å². The van der Waals surface area contributed by atoms with Crippen LogP contribution in [0.1, 0.15) is 17.3 Å². The van der Waals surface area contributed by atoms with E-state index >= 15 is 0 Å². The number of para-hydroxylation sites is 1. The Kier molecular flexibility index (Phi) is 5.30. The van der Waals surface area contributed by atoms with E-state index < -0.39 is 5.25 Å². The van der Waals surface area contributed by atoms with E-state index in [4.69, 9.17) is 0 Å². The molecule has 0 fully saturated rings. The van der Waals surface area contributed by atoms with E-state index in [0.717, 1.165) is 15.9 Å². The van der Waals surface area contributed by atoms with Gasteiger partial charge in [0.2, 0.25) is 0 Å². The average Bonchev–Trinajstić information content (AvgIpc) is 2.66. The maximum Gasteiger partial charge on any atom is 0.269 e. The number of benzene rings is 2. The first-order valence-electron chi connectivity index (χ1n) is 7.81. The first-order valence-corrected chi connectivity index (χ1v) is 8.69. The minimum absolute atomic E-state index is 0.288. The number of hydrogen-bond donors (Lipinski definition) is 2. The number of nitrogens with one attached hydrogen (secondary N) is 2. The van der Waals surface area contributed by atoms with Gasteiger partial charge in [-0.15, -0.1) is 0 Å². The summed E-state index contributed by atoms with van der Waals surface area (Å²) in [6.45, 7) is 1.77. The van der Waals surface area contributed by atoms with Gasteiger partial charge in [-0.3, -0.25) is 20.4 Å². The second-order valence-corrected chi connectivity index (χ2v) is 6.77. The predicted octanol–water partition coefficient (Wildman–Crippen LogP) is 3.18. The lowest BCUT2D eigenvalue weighted by Gasteiger charge is -2.12. The molecule has 3 aromatic rings. The third kappa shape index (κ3) is 4.36. The van der Waals surface area contributed by atoms with Crippen LogP contribution < -0.4 is 10.9 Å². The summed E-state index contributed by atoms with van der Waals surface area (Å²) in [6, 6.07) is 20.4. The van der Waals surface area contributed by atoms with Crippen molar-refractivity contribution in [2.45, 2.75) is 17.2 Å². The molecule has 0 aliphatic carbocycles. The SMILES string of the molecule is CC(Sc1ccc2ccccc2n1)C(=O)NNC(=O)c1ccccc1. The highest BCUT2D eigenvalue weighted by Gasteiger charge is 2.16. The molecule has 0 radical (unpaired) electrons. The highest BCUT2D eigenvalue weighted by Crippen LogP contribution is 2.23. The molecule has 1 aromatic heterocycles. The Hall–Kier alpha value is -2.86. The van der Waals surface area contributed by atoms with Gasteiger partial charge in [0.25, 0.3) is 11.8 Å². The molecule has 1 unspecified atom stereocenters. The summed E-state index contributed by atoms with van der Waals surface area (Å²) in [6.07, 6.45) is 0. The zero-order chi connectivity index (χ0) is 17.6.